The lowest BCUT2D eigenvalue weighted by atomic mass is 9.80. The molecule has 0 atom stereocenters. The van der Waals surface area contributed by atoms with Gasteiger partial charge >= 0.3 is 0 Å². The second-order valence-corrected chi connectivity index (χ2v) is 5.95. The molecule has 0 radical (unpaired) electrons. The molecule has 122 valence electrons. The van der Waals surface area contributed by atoms with Crippen LogP contribution in [0.1, 0.15) is 81.3 Å². The van der Waals surface area contributed by atoms with Gasteiger partial charge < -0.3 is 0 Å². The highest BCUT2D eigenvalue weighted by Gasteiger charge is 2.19. The normalized spacial score (nSPS) is 10.6. The molecule has 0 amide bonds. The van der Waals surface area contributed by atoms with Crippen molar-refractivity contribution >= 4 is 0 Å². The van der Waals surface area contributed by atoms with Crippen LogP contribution in [-0.4, -0.2) is 0 Å². The Labute approximate surface area is 138 Å². The van der Waals surface area contributed by atoms with E-state index in [1.54, 1.807) is 33.4 Å². The first-order valence-corrected chi connectivity index (χ1v) is 9.17. The van der Waals surface area contributed by atoms with Crippen molar-refractivity contribution in [2.75, 3.05) is 0 Å². The van der Waals surface area contributed by atoms with Crippen molar-refractivity contribution < 1.29 is 0 Å². The first-order chi connectivity index (χ1) is 10.6. The van der Waals surface area contributed by atoms with E-state index >= 15 is 0 Å². The fraction of sp³-hybridized carbons (Fsp3) is 0.591. The molecule has 0 aromatic heterocycles. The molecule has 0 bridgehead atoms. The first-order valence-electron chi connectivity index (χ1n) is 9.17. The van der Waals surface area contributed by atoms with Crippen LogP contribution in [0, 0.1) is 0 Å². The Morgan fingerprint density at radius 3 is 1.18 bits per heavy atom. The van der Waals surface area contributed by atoms with Gasteiger partial charge in [0.2, 0.25) is 0 Å². The van der Waals surface area contributed by atoms with E-state index in [-0.39, 0.29) is 0 Å². The molecule has 1 aromatic carbocycles. The molecule has 0 N–H and O–H groups in total. The Morgan fingerprint density at radius 1 is 0.636 bits per heavy atom. The molecule has 0 saturated heterocycles. The van der Waals surface area contributed by atoms with E-state index < -0.39 is 0 Å². The highest BCUT2D eigenvalue weighted by Crippen LogP contribution is 2.32. The van der Waals surface area contributed by atoms with E-state index in [1.165, 1.54) is 5.57 Å². The third-order valence-corrected chi connectivity index (χ3v) is 5.02. The summed E-state index contributed by atoms with van der Waals surface area (Å²) in [5, 5.41) is 0. The smallest absolute Gasteiger partial charge is 0.00145 e. The number of benzene rings is 1. The van der Waals surface area contributed by atoms with Crippen LogP contribution in [-0.2, 0) is 38.5 Å². The Bertz CT molecular complexity index is 521. The van der Waals surface area contributed by atoms with Crippen molar-refractivity contribution in [3.63, 3.8) is 0 Å². The Morgan fingerprint density at radius 2 is 0.955 bits per heavy atom. The maximum atomic E-state index is 3.90. The number of allylic oxidation sites excluding steroid dienone is 1. The minimum Gasteiger partial charge on any atom is -0.129 e. The van der Waals surface area contributed by atoms with Gasteiger partial charge in [-0.25, -0.2) is 0 Å². The second kappa shape index (κ2) is 9.01. The highest BCUT2D eigenvalue weighted by atomic mass is 14.2. The third-order valence-electron chi connectivity index (χ3n) is 5.02. The molecule has 0 unspecified atom stereocenters. The summed E-state index contributed by atoms with van der Waals surface area (Å²) in [6.07, 6.45) is 7.81. The molecular weight excluding hydrogens is 264 g/mol. The molecule has 0 spiro atoms. The Kier molecular flexibility index (Phi) is 7.69. The summed E-state index contributed by atoms with van der Waals surface area (Å²) in [6, 6.07) is 0. The molecule has 0 aliphatic rings. The van der Waals surface area contributed by atoms with Gasteiger partial charge in [-0.05, 0) is 77.5 Å². The van der Waals surface area contributed by atoms with Crippen LogP contribution in [0.5, 0.6) is 0 Å². The van der Waals surface area contributed by atoms with Crippen molar-refractivity contribution in [1.29, 1.82) is 0 Å². The lowest BCUT2D eigenvalue weighted by Crippen LogP contribution is -2.13. The average Bonchev–Trinajstić information content (AvgIpc) is 2.57. The highest BCUT2D eigenvalue weighted by molar-refractivity contribution is 5.53. The van der Waals surface area contributed by atoms with Crippen molar-refractivity contribution in [1.82, 2.24) is 0 Å². The van der Waals surface area contributed by atoms with Crippen LogP contribution in [0.3, 0.4) is 0 Å². The van der Waals surface area contributed by atoms with Crippen molar-refractivity contribution in [3.05, 3.63) is 51.3 Å². The molecule has 22 heavy (non-hydrogen) atoms. The maximum absolute atomic E-state index is 3.90. The third kappa shape index (κ3) is 3.55. The summed E-state index contributed by atoms with van der Waals surface area (Å²) >= 11 is 0. The molecule has 0 aliphatic carbocycles. The standard InChI is InChI=1S/C22H34/c1-8-16(9-2)15-22-20(13-6)18(11-4)17(10-3)19(12-5)21(22)14-7/h1,9-15H2,2-7H3. The van der Waals surface area contributed by atoms with Gasteiger partial charge in [0.15, 0.2) is 0 Å². The van der Waals surface area contributed by atoms with E-state index in [2.05, 4.69) is 53.9 Å². The summed E-state index contributed by atoms with van der Waals surface area (Å²) in [5.74, 6) is 0. The van der Waals surface area contributed by atoms with E-state index in [1.807, 2.05) is 0 Å². The summed E-state index contributed by atoms with van der Waals surface area (Å²) < 4.78 is 0. The zero-order valence-electron chi connectivity index (χ0n) is 15.7. The SMILES string of the molecule is C=C=C(CC)Cc1c(CC)c(CC)c(CC)c(CC)c1CC. The zero-order valence-corrected chi connectivity index (χ0v) is 15.7. The fourth-order valence-corrected chi connectivity index (χ4v) is 3.97. The Hall–Kier alpha value is -1.26. The molecule has 0 nitrogen and oxygen atoms in total. The fourth-order valence-electron chi connectivity index (χ4n) is 3.97. The van der Waals surface area contributed by atoms with Gasteiger partial charge in [-0.1, -0.05) is 48.1 Å². The van der Waals surface area contributed by atoms with Gasteiger partial charge in [0.25, 0.3) is 0 Å². The lowest BCUT2D eigenvalue weighted by molar-refractivity contribution is 0.870. The summed E-state index contributed by atoms with van der Waals surface area (Å²) in [6.45, 7) is 17.7. The van der Waals surface area contributed by atoms with Crippen LogP contribution in [0.15, 0.2) is 17.9 Å². The maximum Gasteiger partial charge on any atom is 0.00145 e. The van der Waals surface area contributed by atoms with Gasteiger partial charge in [-0.15, -0.1) is 5.73 Å². The molecule has 0 heteroatoms. The van der Waals surface area contributed by atoms with Crippen LogP contribution in [0.4, 0.5) is 0 Å². The van der Waals surface area contributed by atoms with Gasteiger partial charge in [-0.2, -0.15) is 0 Å². The quantitative estimate of drug-likeness (QED) is 0.504. The van der Waals surface area contributed by atoms with Gasteiger partial charge in [-0.3, -0.25) is 0 Å². The molecule has 1 aromatic rings. The largest absolute Gasteiger partial charge is 0.129 e. The average molecular weight is 299 g/mol. The minimum absolute atomic E-state index is 1.04. The minimum atomic E-state index is 1.04. The lowest BCUT2D eigenvalue weighted by Gasteiger charge is -2.25. The van der Waals surface area contributed by atoms with Crippen molar-refractivity contribution in [2.24, 2.45) is 0 Å². The van der Waals surface area contributed by atoms with Crippen molar-refractivity contribution in [2.45, 2.75) is 86.5 Å². The van der Waals surface area contributed by atoms with Crippen LogP contribution in [0.25, 0.3) is 0 Å². The first kappa shape index (κ1) is 18.8. The molecule has 0 heterocycles. The molecule has 1 rings (SSSR count). The number of hydrogen-bond acceptors (Lipinski definition) is 0. The zero-order chi connectivity index (χ0) is 16.7. The van der Waals surface area contributed by atoms with E-state index in [9.17, 15) is 0 Å². The van der Waals surface area contributed by atoms with E-state index in [0.29, 0.717) is 0 Å². The van der Waals surface area contributed by atoms with E-state index in [4.69, 9.17) is 0 Å². The monoisotopic (exact) mass is 298 g/mol. The molecular formula is C22H34. The summed E-state index contributed by atoms with van der Waals surface area (Å²) in [4.78, 5) is 0. The van der Waals surface area contributed by atoms with Crippen LogP contribution < -0.4 is 0 Å². The molecule has 0 aliphatic heterocycles. The second-order valence-electron chi connectivity index (χ2n) is 5.95. The van der Waals surface area contributed by atoms with Crippen LogP contribution in [0.2, 0.25) is 0 Å². The number of hydrogen-bond donors (Lipinski definition) is 0. The summed E-state index contributed by atoms with van der Waals surface area (Å²) in [5.41, 5.74) is 14.2. The predicted molar refractivity (Wildman–Crippen MR) is 100.0 cm³/mol. The molecule has 0 saturated carbocycles. The van der Waals surface area contributed by atoms with Crippen molar-refractivity contribution in [3.8, 4) is 0 Å². The van der Waals surface area contributed by atoms with Gasteiger partial charge in [0.05, 0.1) is 0 Å². The summed E-state index contributed by atoms with van der Waals surface area (Å²) in [7, 11) is 0. The Balaban J connectivity index is 3.74. The predicted octanol–water partition coefficient (Wildman–Crippen LogP) is 6.16. The van der Waals surface area contributed by atoms with Crippen LogP contribution >= 0.6 is 0 Å². The number of rotatable bonds is 8. The van der Waals surface area contributed by atoms with Gasteiger partial charge in [0, 0.05) is 6.42 Å². The van der Waals surface area contributed by atoms with Gasteiger partial charge in [0.1, 0.15) is 0 Å². The topological polar surface area (TPSA) is 0 Å². The van der Waals surface area contributed by atoms with E-state index in [0.717, 1.165) is 44.9 Å². The molecule has 0 fully saturated rings.